The van der Waals surface area contributed by atoms with Gasteiger partial charge in [0.1, 0.15) is 0 Å². The minimum atomic E-state index is -0.704. The van der Waals surface area contributed by atoms with Crippen LogP contribution in [0.4, 0.5) is 0 Å². The zero-order chi connectivity index (χ0) is 17.6. The van der Waals surface area contributed by atoms with Gasteiger partial charge in [0.15, 0.2) is 0 Å². The molecule has 0 aliphatic carbocycles. The van der Waals surface area contributed by atoms with Crippen molar-refractivity contribution in [2.75, 3.05) is 6.54 Å². The Morgan fingerprint density at radius 3 is 2.64 bits per heavy atom. The van der Waals surface area contributed by atoms with Crippen molar-refractivity contribution in [1.29, 1.82) is 0 Å². The molecule has 0 saturated carbocycles. The van der Waals surface area contributed by atoms with Gasteiger partial charge in [-0.05, 0) is 24.5 Å². The number of carbonyl (C=O) groups is 1. The summed E-state index contributed by atoms with van der Waals surface area (Å²) in [6.45, 7) is 0.234. The van der Waals surface area contributed by atoms with E-state index in [9.17, 15) is 9.90 Å². The van der Waals surface area contributed by atoms with E-state index in [2.05, 4.69) is 17.4 Å². The molecule has 1 atom stereocenters. The third-order valence-corrected chi connectivity index (χ3v) is 4.49. The lowest BCUT2D eigenvalue weighted by Gasteiger charge is -2.11. The molecule has 2 aromatic carbocycles. The van der Waals surface area contributed by atoms with Crippen LogP contribution < -0.4 is 5.32 Å². The molecule has 0 aliphatic heterocycles. The van der Waals surface area contributed by atoms with Crippen molar-refractivity contribution >= 4 is 16.8 Å². The second-order valence-electron chi connectivity index (χ2n) is 6.37. The van der Waals surface area contributed by atoms with E-state index in [-0.39, 0.29) is 12.5 Å². The summed E-state index contributed by atoms with van der Waals surface area (Å²) in [7, 11) is 1.96. The number of amides is 1. The third kappa shape index (κ3) is 4.28. The molecule has 0 fully saturated rings. The first-order chi connectivity index (χ1) is 12.1. The molecule has 4 nitrogen and oxygen atoms in total. The largest absolute Gasteiger partial charge is 0.386 e. The van der Waals surface area contributed by atoms with E-state index >= 15 is 0 Å². The van der Waals surface area contributed by atoms with Crippen LogP contribution in [0.25, 0.3) is 10.9 Å². The number of aryl methyl sites for hydroxylation is 2. The fourth-order valence-electron chi connectivity index (χ4n) is 3.15. The van der Waals surface area contributed by atoms with Gasteiger partial charge in [-0.1, -0.05) is 48.5 Å². The molecule has 0 spiro atoms. The van der Waals surface area contributed by atoms with Gasteiger partial charge in [-0.3, -0.25) is 4.79 Å². The predicted molar refractivity (Wildman–Crippen MR) is 100 cm³/mol. The van der Waals surface area contributed by atoms with Crippen LogP contribution in [0.1, 0.15) is 30.1 Å². The molecule has 2 N–H and O–H groups in total. The minimum absolute atomic E-state index is 0.0183. The monoisotopic (exact) mass is 336 g/mol. The molecule has 130 valence electrons. The fourth-order valence-corrected chi connectivity index (χ4v) is 3.15. The number of fused-ring (bicyclic) bond motifs is 1. The first-order valence-electron chi connectivity index (χ1n) is 8.68. The lowest BCUT2D eigenvalue weighted by molar-refractivity contribution is -0.121. The first-order valence-corrected chi connectivity index (χ1v) is 8.68. The molecule has 1 aromatic heterocycles. The van der Waals surface area contributed by atoms with Crippen molar-refractivity contribution in [3.63, 3.8) is 0 Å². The van der Waals surface area contributed by atoms with Gasteiger partial charge in [0, 0.05) is 42.7 Å². The summed E-state index contributed by atoms with van der Waals surface area (Å²) in [5.41, 5.74) is 3.17. The van der Waals surface area contributed by atoms with Crippen LogP contribution in [0.3, 0.4) is 0 Å². The van der Waals surface area contributed by atoms with Crippen LogP contribution in [0.2, 0.25) is 0 Å². The lowest BCUT2D eigenvalue weighted by Crippen LogP contribution is -2.28. The number of nitrogens with zero attached hydrogens (tertiary/aromatic N) is 1. The standard InChI is InChI=1S/C21H24N2O2/c1-23-15-18(17-11-5-6-12-19(17)23)20(24)14-22-21(25)13-7-10-16-8-3-2-4-9-16/h2-6,8-9,11-12,15,20,24H,7,10,13-14H2,1H3,(H,22,25). The Hall–Kier alpha value is -2.59. The highest BCUT2D eigenvalue weighted by atomic mass is 16.3. The van der Waals surface area contributed by atoms with Gasteiger partial charge < -0.3 is 15.0 Å². The Labute approximate surface area is 148 Å². The summed E-state index contributed by atoms with van der Waals surface area (Å²) in [5.74, 6) is -0.0183. The summed E-state index contributed by atoms with van der Waals surface area (Å²) in [6, 6.07) is 18.1. The van der Waals surface area contributed by atoms with Gasteiger partial charge >= 0.3 is 0 Å². The maximum Gasteiger partial charge on any atom is 0.220 e. The summed E-state index contributed by atoms with van der Waals surface area (Å²) >= 11 is 0. The van der Waals surface area contributed by atoms with E-state index in [0.717, 1.165) is 29.3 Å². The maximum absolute atomic E-state index is 12.0. The molecule has 1 heterocycles. The van der Waals surface area contributed by atoms with E-state index in [1.54, 1.807) is 0 Å². The van der Waals surface area contributed by atoms with Crippen molar-refractivity contribution in [1.82, 2.24) is 9.88 Å². The second kappa shape index (κ2) is 7.99. The number of aliphatic hydroxyl groups excluding tert-OH is 1. The van der Waals surface area contributed by atoms with Crippen LogP contribution in [0.5, 0.6) is 0 Å². The highest BCUT2D eigenvalue weighted by Crippen LogP contribution is 2.25. The predicted octanol–water partition coefficient (Wildman–Crippen LogP) is 3.35. The Bertz CT molecular complexity index is 839. The molecule has 0 aliphatic rings. The van der Waals surface area contributed by atoms with E-state index in [0.29, 0.717) is 6.42 Å². The number of benzene rings is 2. The molecule has 4 heteroatoms. The van der Waals surface area contributed by atoms with E-state index in [1.165, 1.54) is 5.56 Å². The van der Waals surface area contributed by atoms with Crippen molar-refractivity contribution in [2.24, 2.45) is 7.05 Å². The molecule has 1 unspecified atom stereocenters. The topological polar surface area (TPSA) is 54.3 Å². The number of rotatable bonds is 7. The zero-order valence-corrected chi connectivity index (χ0v) is 14.5. The molecule has 25 heavy (non-hydrogen) atoms. The smallest absolute Gasteiger partial charge is 0.220 e. The van der Waals surface area contributed by atoms with Crippen LogP contribution in [0.15, 0.2) is 60.8 Å². The molecule has 1 amide bonds. The van der Waals surface area contributed by atoms with Crippen LogP contribution in [-0.4, -0.2) is 22.1 Å². The fraction of sp³-hybridized carbons (Fsp3) is 0.286. The average molecular weight is 336 g/mol. The highest BCUT2D eigenvalue weighted by molar-refractivity contribution is 5.84. The van der Waals surface area contributed by atoms with Gasteiger partial charge in [0.2, 0.25) is 5.91 Å². The summed E-state index contributed by atoms with van der Waals surface area (Å²) in [6.07, 6.45) is 3.39. The molecule has 0 radical (unpaired) electrons. The molecular weight excluding hydrogens is 312 g/mol. The number of aromatic nitrogens is 1. The van der Waals surface area contributed by atoms with Gasteiger partial charge in [-0.2, -0.15) is 0 Å². The van der Waals surface area contributed by atoms with E-state index < -0.39 is 6.10 Å². The van der Waals surface area contributed by atoms with Crippen molar-refractivity contribution in [3.05, 3.63) is 71.9 Å². The molecular formula is C21H24N2O2. The summed E-state index contributed by atoms with van der Waals surface area (Å²) < 4.78 is 2.00. The number of nitrogens with one attached hydrogen (secondary N) is 1. The Morgan fingerprint density at radius 1 is 1.12 bits per heavy atom. The van der Waals surface area contributed by atoms with Crippen LogP contribution >= 0.6 is 0 Å². The van der Waals surface area contributed by atoms with Gasteiger partial charge in [-0.15, -0.1) is 0 Å². The number of aliphatic hydroxyl groups is 1. The molecule has 0 saturated heterocycles. The average Bonchev–Trinajstić information content (AvgIpc) is 2.98. The van der Waals surface area contributed by atoms with Crippen LogP contribution in [-0.2, 0) is 18.3 Å². The SMILES string of the molecule is Cn1cc(C(O)CNC(=O)CCCc2ccccc2)c2ccccc21. The minimum Gasteiger partial charge on any atom is -0.386 e. The first kappa shape index (κ1) is 17.2. The van der Waals surface area contributed by atoms with Crippen molar-refractivity contribution in [2.45, 2.75) is 25.4 Å². The quantitative estimate of drug-likeness (QED) is 0.695. The number of para-hydroxylation sites is 1. The third-order valence-electron chi connectivity index (χ3n) is 4.49. The Morgan fingerprint density at radius 2 is 1.84 bits per heavy atom. The number of carbonyl (C=O) groups excluding carboxylic acids is 1. The zero-order valence-electron chi connectivity index (χ0n) is 14.5. The molecule has 0 bridgehead atoms. The van der Waals surface area contributed by atoms with Gasteiger partial charge in [0.25, 0.3) is 0 Å². The summed E-state index contributed by atoms with van der Waals surface area (Å²) in [5, 5.41) is 14.3. The van der Waals surface area contributed by atoms with E-state index in [4.69, 9.17) is 0 Å². The maximum atomic E-state index is 12.0. The van der Waals surface area contributed by atoms with Gasteiger partial charge in [-0.25, -0.2) is 0 Å². The Balaban J connectivity index is 1.49. The van der Waals surface area contributed by atoms with Crippen molar-refractivity contribution < 1.29 is 9.90 Å². The lowest BCUT2D eigenvalue weighted by atomic mass is 10.1. The van der Waals surface area contributed by atoms with Crippen LogP contribution in [0, 0.1) is 0 Å². The number of hydrogen-bond acceptors (Lipinski definition) is 2. The summed E-state index contributed by atoms with van der Waals surface area (Å²) in [4.78, 5) is 12.0. The normalized spacial score (nSPS) is 12.2. The molecule has 3 aromatic rings. The van der Waals surface area contributed by atoms with Gasteiger partial charge in [0.05, 0.1) is 6.10 Å². The Kier molecular flexibility index (Phi) is 5.51. The molecule has 3 rings (SSSR count). The highest BCUT2D eigenvalue weighted by Gasteiger charge is 2.15. The second-order valence-corrected chi connectivity index (χ2v) is 6.37. The van der Waals surface area contributed by atoms with E-state index in [1.807, 2.05) is 60.3 Å². The number of hydrogen-bond donors (Lipinski definition) is 2. The van der Waals surface area contributed by atoms with Crippen molar-refractivity contribution in [3.8, 4) is 0 Å².